The lowest BCUT2D eigenvalue weighted by atomic mass is 10.00. The third-order valence-electron chi connectivity index (χ3n) is 5.08. The maximum Gasteiger partial charge on any atom is 0.348 e. The van der Waals surface area contributed by atoms with Crippen LogP contribution in [0.2, 0.25) is 0 Å². The lowest BCUT2D eigenvalue weighted by Gasteiger charge is -2.23. The third kappa shape index (κ3) is 7.02. The number of esters is 1. The van der Waals surface area contributed by atoms with Gasteiger partial charge in [-0.2, -0.15) is 0 Å². The molecule has 1 unspecified atom stereocenters. The average Bonchev–Trinajstić information content (AvgIpc) is 3.33. The summed E-state index contributed by atoms with van der Waals surface area (Å²) in [4.78, 5) is 27.4. The first kappa shape index (κ1) is 23.2. The standard InChI is InChI=1S/C23H31NO4S/c1-4-5-6-8-17(2)20(25)13-10-18-11-15-22(26)24(18)16-7-9-19-12-14-21(29-19)23(27)28-3/h10,12-14,17-18,20,25H,4,7-9,11,15-16H2,1-3H3/t17-,18?,20+/m0/s1. The zero-order valence-corrected chi connectivity index (χ0v) is 18.3. The first-order chi connectivity index (χ1) is 14.0. The fourth-order valence-corrected chi connectivity index (χ4v) is 4.27. The van der Waals surface area contributed by atoms with E-state index in [1.807, 2.05) is 37.0 Å². The number of methoxy groups -OCH3 is 1. The Labute approximate surface area is 177 Å². The van der Waals surface area contributed by atoms with Crippen LogP contribution in [0.15, 0.2) is 24.3 Å². The number of aliphatic hydroxyl groups excluding tert-OH is 1. The summed E-state index contributed by atoms with van der Waals surface area (Å²) in [5.41, 5.74) is 0. The molecule has 1 aromatic rings. The van der Waals surface area contributed by atoms with Crippen LogP contribution in [0.3, 0.4) is 0 Å². The van der Waals surface area contributed by atoms with Crippen LogP contribution in [0.25, 0.3) is 0 Å². The molecule has 0 radical (unpaired) electrons. The molecule has 158 valence electrons. The van der Waals surface area contributed by atoms with Gasteiger partial charge in [0.2, 0.25) is 5.91 Å². The summed E-state index contributed by atoms with van der Waals surface area (Å²) in [6, 6.07) is 3.77. The van der Waals surface area contributed by atoms with Gasteiger partial charge in [-0.3, -0.25) is 4.79 Å². The van der Waals surface area contributed by atoms with Crippen LogP contribution in [-0.4, -0.2) is 47.7 Å². The molecule has 0 spiro atoms. The van der Waals surface area contributed by atoms with E-state index in [2.05, 4.69) is 11.8 Å². The topological polar surface area (TPSA) is 66.8 Å². The molecule has 2 heterocycles. The highest BCUT2D eigenvalue weighted by molar-refractivity contribution is 7.13. The third-order valence-corrected chi connectivity index (χ3v) is 6.21. The zero-order valence-electron chi connectivity index (χ0n) is 17.5. The largest absolute Gasteiger partial charge is 0.465 e. The molecule has 1 aliphatic heterocycles. The van der Waals surface area contributed by atoms with Crippen LogP contribution < -0.4 is 0 Å². The Morgan fingerprint density at radius 3 is 2.97 bits per heavy atom. The number of amides is 1. The van der Waals surface area contributed by atoms with Crippen LogP contribution in [0, 0.1) is 17.8 Å². The van der Waals surface area contributed by atoms with Gasteiger partial charge in [0.15, 0.2) is 0 Å². The van der Waals surface area contributed by atoms with E-state index in [-0.39, 0.29) is 23.8 Å². The second-order valence-corrected chi connectivity index (χ2v) is 8.49. The molecular weight excluding hydrogens is 386 g/mol. The van der Waals surface area contributed by atoms with Crippen molar-refractivity contribution in [2.45, 2.75) is 64.5 Å². The predicted octanol–water partition coefficient (Wildman–Crippen LogP) is 3.82. The van der Waals surface area contributed by atoms with Crippen molar-refractivity contribution in [3.05, 3.63) is 34.0 Å². The van der Waals surface area contributed by atoms with Crippen LogP contribution in [0.1, 0.15) is 60.5 Å². The predicted molar refractivity (Wildman–Crippen MR) is 116 cm³/mol. The van der Waals surface area contributed by atoms with Gasteiger partial charge < -0.3 is 14.7 Å². The first-order valence-corrected chi connectivity index (χ1v) is 11.1. The van der Waals surface area contributed by atoms with E-state index in [4.69, 9.17) is 4.74 Å². The van der Waals surface area contributed by atoms with Crippen molar-refractivity contribution in [3.63, 3.8) is 0 Å². The molecule has 0 bridgehead atoms. The Kier molecular flexibility index (Phi) is 9.43. The van der Waals surface area contributed by atoms with Crippen molar-refractivity contribution in [3.8, 4) is 11.8 Å². The molecule has 0 aliphatic carbocycles. The van der Waals surface area contributed by atoms with Crippen molar-refractivity contribution in [2.24, 2.45) is 5.92 Å². The summed E-state index contributed by atoms with van der Waals surface area (Å²) in [5.74, 6) is 6.03. The maximum atomic E-state index is 12.3. The number of nitrogens with zero attached hydrogens (tertiary/aromatic N) is 1. The van der Waals surface area contributed by atoms with Gasteiger partial charge in [-0.25, -0.2) is 4.79 Å². The second kappa shape index (κ2) is 11.8. The Morgan fingerprint density at radius 2 is 2.24 bits per heavy atom. The van der Waals surface area contributed by atoms with Gasteiger partial charge >= 0.3 is 5.97 Å². The minimum absolute atomic E-state index is 0.0417. The number of aryl methyl sites for hydroxylation is 1. The van der Waals surface area contributed by atoms with Crippen LogP contribution >= 0.6 is 11.3 Å². The number of thiophene rings is 1. The molecule has 0 saturated carbocycles. The number of rotatable bonds is 9. The number of carbonyl (C=O) groups is 2. The molecular formula is C23H31NO4S. The van der Waals surface area contributed by atoms with Gasteiger partial charge in [-0.05, 0) is 37.3 Å². The minimum atomic E-state index is -0.554. The molecule has 1 amide bonds. The number of ether oxygens (including phenoxy) is 1. The molecule has 1 fully saturated rings. The zero-order chi connectivity index (χ0) is 21.2. The van der Waals surface area contributed by atoms with Crippen molar-refractivity contribution >= 4 is 23.2 Å². The molecule has 3 atom stereocenters. The van der Waals surface area contributed by atoms with Crippen molar-refractivity contribution in [1.29, 1.82) is 0 Å². The Hall–Kier alpha value is -2.10. The van der Waals surface area contributed by atoms with E-state index < -0.39 is 6.10 Å². The molecule has 0 aromatic carbocycles. The number of hydrogen-bond acceptors (Lipinski definition) is 5. The lowest BCUT2D eigenvalue weighted by molar-refractivity contribution is -0.128. The molecule has 29 heavy (non-hydrogen) atoms. The quantitative estimate of drug-likeness (QED) is 0.377. The number of hydrogen-bond donors (Lipinski definition) is 1. The van der Waals surface area contributed by atoms with E-state index >= 15 is 0 Å². The summed E-state index contributed by atoms with van der Waals surface area (Å²) < 4.78 is 4.74. The van der Waals surface area contributed by atoms with E-state index in [0.717, 1.165) is 30.6 Å². The van der Waals surface area contributed by atoms with Gasteiger partial charge in [-0.15, -0.1) is 23.2 Å². The highest BCUT2D eigenvalue weighted by Gasteiger charge is 2.28. The smallest absolute Gasteiger partial charge is 0.348 e. The molecule has 1 aliphatic rings. The lowest BCUT2D eigenvalue weighted by Crippen LogP contribution is -2.33. The normalized spacial score (nSPS) is 18.6. The summed E-state index contributed by atoms with van der Waals surface area (Å²) in [6.45, 7) is 4.67. The summed E-state index contributed by atoms with van der Waals surface area (Å²) >= 11 is 1.44. The summed E-state index contributed by atoms with van der Waals surface area (Å²) in [5, 5.41) is 10.3. The monoisotopic (exact) mass is 417 g/mol. The van der Waals surface area contributed by atoms with E-state index in [1.165, 1.54) is 18.4 Å². The fraction of sp³-hybridized carbons (Fsp3) is 0.565. The van der Waals surface area contributed by atoms with Crippen LogP contribution in [-0.2, 0) is 16.0 Å². The molecule has 1 N–H and O–H groups in total. The van der Waals surface area contributed by atoms with Crippen molar-refractivity contribution in [1.82, 2.24) is 4.90 Å². The SMILES string of the molecule is CCC#CC[C@H](C)[C@H](O)C=CC1CCC(=O)N1CCCc1ccc(C(=O)OC)s1. The first-order valence-electron chi connectivity index (χ1n) is 10.2. The Morgan fingerprint density at radius 1 is 1.45 bits per heavy atom. The van der Waals surface area contributed by atoms with Crippen LogP contribution in [0.5, 0.6) is 0 Å². The Bertz CT molecular complexity index is 773. The second-order valence-electron chi connectivity index (χ2n) is 7.32. The van der Waals surface area contributed by atoms with Gasteiger partial charge in [0.05, 0.1) is 19.3 Å². The number of carbonyl (C=O) groups excluding carboxylic acids is 2. The van der Waals surface area contributed by atoms with Gasteiger partial charge in [-0.1, -0.05) is 26.0 Å². The fourth-order valence-electron chi connectivity index (χ4n) is 3.30. The summed E-state index contributed by atoms with van der Waals surface area (Å²) in [6.07, 6.45) is 7.72. The van der Waals surface area contributed by atoms with Crippen molar-refractivity contribution < 1.29 is 19.4 Å². The average molecular weight is 418 g/mol. The molecule has 5 nitrogen and oxygen atoms in total. The highest BCUT2D eigenvalue weighted by atomic mass is 32.1. The molecule has 1 aromatic heterocycles. The number of likely N-dealkylation sites (tertiary alicyclic amines) is 1. The van der Waals surface area contributed by atoms with Gasteiger partial charge in [0.1, 0.15) is 4.88 Å². The van der Waals surface area contributed by atoms with Gasteiger partial charge in [0.25, 0.3) is 0 Å². The molecule has 1 saturated heterocycles. The molecule has 2 rings (SSSR count). The maximum absolute atomic E-state index is 12.3. The Balaban J connectivity index is 1.85. The van der Waals surface area contributed by atoms with E-state index in [0.29, 0.717) is 24.3 Å². The van der Waals surface area contributed by atoms with Crippen molar-refractivity contribution in [2.75, 3.05) is 13.7 Å². The number of aliphatic hydroxyl groups is 1. The van der Waals surface area contributed by atoms with Crippen LogP contribution in [0.4, 0.5) is 0 Å². The van der Waals surface area contributed by atoms with E-state index in [1.54, 1.807) is 6.07 Å². The van der Waals surface area contributed by atoms with Gasteiger partial charge in [0, 0.05) is 30.7 Å². The highest BCUT2D eigenvalue weighted by Crippen LogP contribution is 2.23. The van der Waals surface area contributed by atoms with E-state index in [9.17, 15) is 14.7 Å². The summed E-state index contributed by atoms with van der Waals surface area (Å²) in [7, 11) is 1.38. The molecule has 6 heteroatoms. The minimum Gasteiger partial charge on any atom is -0.465 e.